The first kappa shape index (κ1) is 24.0. The molecule has 0 unspecified atom stereocenters. The van der Waals surface area contributed by atoms with Gasteiger partial charge in [0.15, 0.2) is 0 Å². The Morgan fingerprint density at radius 1 is 0.514 bits per heavy atom. The van der Waals surface area contributed by atoms with Crippen molar-refractivity contribution >= 4 is 21.5 Å². The summed E-state index contributed by atoms with van der Waals surface area (Å²) < 4.78 is 0. The van der Waals surface area contributed by atoms with E-state index >= 15 is 0 Å². The summed E-state index contributed by atoms with van der Waals surface area (Å²) in [6, 6.07) is 32.1. The van der Waals surface area contributed by atoms with E-state index in [9.17, 15) is 0 Å². The fraction of sp³-hybridized carbons (Fsp3) is 0.394. The van der Waals surface area contributed by atoms with Gasteiger partial charge >= 0.3 is 0 Å². The number of benzene rings is 4. The zero-order valence-electron chi connectivity index (χ0n) is 22.3. The highest BCUT2D eigenvalue weighted by atomic mass is 15.4. The van der Waals surface area contributed by atoms with Crippen LogP contribution in [0.2, 0.25) is 0 Å². The zero-order valence-corrected chi connectivity index (χ0v) is 22.3. The molecule has 0 aliphatic carbocycles. The standard InChI is InChI=1S/C33H40N2/c1-32(2,3)30(28-19-11-15-24-13-7-9-17-26(24)28)34-21-22-35(23-34)31(33(4,5)6)29-20-12-16-25-14-8-10-18-27(25)29/h7-20,30-31H,21-23H2,1-6H3/t30-,31-/m1/s1. The van der Waals surface area contributed by atoms with E-state index < -0.39 is 0 Å². The molecule has 1 heterocycles. The lowest BCUT2D eigenvalue weighted by molar-refractivity contribution is 0.0648. The molecule has 1 fully saturated rings. The van der Waals surface area contributed by atoms with E-state index in [1.807, 2.05) is 0 Å². The smallest absolute Gasteiger partial charge is 0.0519 e. The van der Waals surface area contributed by atoms with Crippen molar-refractivity contribution in [3.63, 3.8) is 0 Å². The van der Waals surface area contributed by atoms with Crippen LogP contribution in [0.3, 0.4) is 0 Å². The Bertz CT molecular complexity index is 1210. The largest absolute Gasteiger partial charge is 0.282 e. The molecule has 0 radical (unpaired) electrons. The minimum absolute atomic E-state index is 0.122. The molecule has 2 atom stereocenters. The fourth-order valence-corrected chi connectivity index (χ4v) is 6.45. The van der Waals surface area contributed by atoms with Crippen molar-refractivity contribution in [1.82, 2.24) is 9.80 Å². The third kappa shape index (κ3) is 4.62. The van der Waals surface area contributed by atoms with E-state index in [0.717, 1.165) is 19.8 Å². The van der Waals surface area contributed by atoms with E-state index in [4.69, 9.17) is 0 Å². The molecule has 0 amide bonds. The summed E-state index contributed by atoms with van der Waals surface area (Å²) in [7, 11) is 0. The first-order valence-corrected chi connectivity index (χ1v) is 13.1. The van der Waals surface area contributed by atoms with Gasteiger partial charge in [-0.05, 0) is 43.5 Å². The molecule has 2 nitrogen and oxygen atoms in total. The third-order valence-corrected chi connectivity index (χ3v) is 7.64. The van der Waals surface area contributed by atoms with Gasteiger partial charge in [-0.25, -0.2) is 0 Å². The predicted octanol–water partition coefficient (Wildman–Crippen LogP) is 8.44. The molecule has 2 heteroatoms. The van der Waals surface area contributed by atoms with Crippen molar-refractivity contribution in [1.29, 1.82) is 0 Å². The van der Waals surface area contributed by atoms with E-state index in [-0.39, 0.29) is 10.8 Å². The van der Waals surface area contributed by atoms with Crippen LogP contribution in [0.1, 0.15) is 64.8 Å². The second-order valence-electron chi connectivity index (χ2n) is 12.4. The molecule has 1 aliphatic rings. The van der Waals surface area contributed by atoms with Gasteiger partial charge in [-0.15, -0.1) is 0 Å². The Morgan fingerprint density at radius 2 is 0.886 bits per heavy atom. The van der Waals surface area contributed by atoms with Crippen LogP contribution in [0.25, 0.3) is 21.5 Å². The Balaban J connectivity index is 1.54. The quantitative estimate of drug-likeness (QED) is 0.299. The maximum Gasteiger partial charge on any atom is 0.0519 e. The van der Waals surface area contributed by atoms with Crippen LogP contribution in [0, 0.1) is 10.8 Å². The molecular weight excluding hydrogens is 424 g/mol. The summed E-state index contributed by atoms with van der Waals surface area (Å²) in [5.41, 5.74) is 3.15. The Kier molecular flexibility index (Phi) is 6.23. The summed E-state index contributed by atoms with van der Waals surface area (Å²) in [6.45, 7) is 17.5. The normalized spacial score (nSPS) is 17.8. The van der Waals surface area contributed by atoms with Gasteiger partial charge in [0.1, 0.15) is 0 Å². The summed E-state index contributed by atoms with van der Waals surface area (Å²) in [5, 5.41) is 5.43. The number of rotatable bonds is 4. The van der Waals surface area contributed by atoms with E-state index in [0.29, 0.717) is 12.1 Å². The molecule has 35 heavy (non-hydrogen) atoms. The Morgan fingerprint density at radius 3 is 1.29 bits per heavy atom. The summed E-state index contributed by atoms with van der Waals surface area (Å²) >= 11 is 0. The van der Waals surface area contributed by atoms with Crippen LogP contribution in [0.15, 0.2) is 84.9 Å². The van der Waals surface area contributed by atoms with Crippen LogP contribution in [0.4, 0.5) is 0 Å². The molecule has 4 aromatic rings. The van der Waals surface area contributed by atoms with Crippen molar-refractivity contribution in [3.05, 3.63) is 96.1 Å². The highest BCUT2D eigenvalue weighted by Gasteiger charge is 2.41. The lowest BCUT2D eigenvalue weighted by atomic mass is 9.79. The van der Waals surface area contributed by atoms with Crippen LogP contribution in [-0.2, 0) is 0 Å². The highest BCUT2D eigenvalue weighted by molar-refractivity contribution is 5.87. The summed E-state index contributed by atoms with van der Waals surface area (Å²) in [4.78, 5) is 5.46. The van der Waals surface area contributed by atoms with Crippen LogP contribution >= 0.6 is 0 Å². The van der Waals surface area contributed by atoms with Crippen molar-refractivity contribution in [2.45, 2.75) is 53.6 Å². The molecule has 0 bridgehead atoms. The highest BCUT2D eigenvalue weighted by Crippen LogP contribution is 2.46. The molecule has 4 aromatic carbocycles. The van der Waals surface area contributed by atoms with Gasteiger partial charge in [-0.1, -0.05) is 126 Å². The van der Waals surface area contributed by atoms with Gasteiger partial charge in [-0.2, -0.15) is 0 Å². The molecule has 0 spiro atoms. The summed E-state index contributed by atoms with van der Waals surface area (Å²) in [6.07, 6.45) is 0. The maximum atomic E-state index is 2.73. The van der Waals surface area contributed by atoms with Crippen molar-refractivity contribution in [2.75, 3.05) is 19.8 Å². The molecule has 1 saturated heterocycles. The Labute approximate surface area is 211 Å². The predicted molar refractivity (Wildman–Crippen MR) is 151 cm³/mol. The SMILES string of the molecule is CC(C)(C)[C@@H](c1cccc2ccccc12)N1CCN([C@H](c2cccc3ccccc23)C(C)(C)C)C1. The van der Waals surface area contributed by atoms with Gasteiger partial charge in [0.05, 0.1) is 6.67 Å². The van der Waals surface area contributed by atoms with Crippen LogP contribution < -0.4 is 0 Å². The van der Waals surface area contributed by atoms with Gasteiger partial charge in [0.25, 0.3) is 0 Å². The number of hydrogen-bond acceptors (Lipinski definition) is 2. The third-order valence-electron chi connectivity index (χ3n) is 7.64. The second kappa shape index (κ2) is 9.08. The molecular formula is C33H40N2. The first-order chi connectivity index (χ1) is 16.6. The number of nitrogens with zero attached hydrogens (tertiary/aromatic N) is 2. The topological polar surface area (TPSA) is 6.48 Å². The second-order valence-corrected chi connectivity index (χ2v) is 12.4. The van der Waals surface area contributed by atoms with Crippen LogP contribution in [-0.4, -0.2) is 29.6 Å². The number of hydrogen-bond donors (Lipinski definition) is 0. The van der Waals surface area contributed by atoms with Gasteiger partial charge in [0, 0.05) is 25.2 Å². The van der Waals surface area contributed by atoms with Crippen molar-refractivity contribution < 1.29 is 0 Å². The van der Waals surface area contributed by atoms with E-state index in [2.05, 4.69) is 136 Å². The van der Waals surface area contributed by atoms with E-state index in [1.165, 1.54) is 32.7 Å². The first-order valence-electron chi connectivity index (χ1n) is 13.1. The summed E-state index contributed by atoms with van der Waals surface area (Å²) in [5.74, 6) is 0. The van der Waals surface area contributed by atoms with Crippen molar-refractivity contribution in [2.24, 2.45) is 10.8 Å². The molecule has 5 rings (SSSR count). The van der Waals surface area contributed by atoms with Gasteiger partial charge in [0.2, 0.25) is 0 Å². The molecule has 1 aliphatic heterocycles. The lowest BCUT2D eigenvalue weighted by Gasteiger charge is -2.42. The lowest BCUT2D eigenvalue weighted by Crippen LogP contribution is -2.40. The zero-order chi connectivity index (χ0) is 24.8. The van der Waals surface area contributed by atoms with Gasteiger partial charge < -0.3 is 0 Å². The molecule has 0 saturated carbocycles. The van der Waals surface area contributed by atoms with Crippen molar-refractivity contribution in [3.8, 4) is 0 Å². The van der Waals surface area contributed by atoms with Gasteiger partial charge in [-0.3, -0.25) is 9.80 Å². The molecule has 0 aromatic heterocycles. The van der Waals surface area contributed by atoms with E-state index in [1.54, 1.807) is 0 Å². The minimum Gasteiger partial charge on any atom is -0.282 e. The molecule has 0 N–H and O–H groups in total. The monoisotopic (exact) mass is 464 g/mol. The Hall–Kier alpha value is -2.68. The van der Waals surface area contributed by atoms with Crippen LogP contribution in [0.5, 0.6) is 0 Å². The average Bonchev–Trinajstić information content (AvgIpc) is 3.26. The minimum atomic E-state index is 0.122. The average molecular weight is 465 g/mol. The fourth-order valence-electron chi connectivity index (χ4n) is 6.45. The molecule has 182 valence electrons. The maximum absolute atomic E-state index is 2.73. The number of fused-ring (bicyclic) bond motifs is 2.